The first-order valence-corrected chi connectivity index (χ1v) is 18.2. The van der Waals surface area contributed by atoms with E-state index >= 15 is 0 Å². The molecule has 42 heavy (non-hydrogen) atoms. The molecule has 0 amide bonds. The predicted octanol–water partition coefficient (Wildman–Crippen LogP) is 6.39. The van der Waals surface area contributed by atoms with Gasteiger partial charge in [-0.2, -0.15) is 0 Å². The van der Waals surface area contributed by atoms with Crippen molar-refractivity contribution in [3.8, 4) is 11.5 Å². The highest BCUT2D eigenvalue weighted by molar-refractivity contribution is 7.99. The van der Waals surface area contributed by atoms with Crippen LogP contribution in [0.3, 0.4) is 0 Å². The Kier molecular flexibility index (Phi) is 8.20. The van der Waals surface area contributed by atoms with Crippen LogP contribution in [0.15, 0.2) is 170 Å². The Morgan fingerprint density at radius 1 is 0.286 bits per heavy atom. The van der Waals surface area contributed by atoms with Gasteiger partial charge in [-0.1, -0.05) is 72.8 Å². The third-order valence-corrected chi connectivity index (χ3v) is 17.4. The summed E-state index contributed by atoms with van der Waals surface area (Å²) in [4.78, 5) is 0. The van der Waals surface area contributed by atoms with Crippen molar-refractivity contribution in [2.75, 3.05) is 12.3 Å². The Morgan fingerprint density at radius 3 is 0.738 bits per heavy atom. The van der Waals surface area contributed by atoms with E-state index in [0.29, 0.717) is 0 Å². The molecule has 0 aliphatic heterocycles. The molecule has 0 heterocycles. The smallest absolute Gasteiger partial charge is 0.115 e. The SMILES string of the molecule is Oc1ccc([P+](CC[P+](c2ccccc2)(c2ccccc2)c2ccc(O)cc2)(c2ccccc2)c2ccccc2)cc1. The van der Waals surface area contributed by atoms with Crippen LogP contribution in [0, 0.1) is 0 Å². The van der Waals surface area contributed by atoms with E-state index in [4.69, 9.17) is 0 Å². The maximum atomic E-state index is 10.3. The molecule has 0 fully saturated rings. The minimum Gasteiger partial charge on any atom is -0.508 e. The van der Waals surface area contributed by atoms with E-state index < -0.39 is 14.5 Å². The van der Waals surface area contributed by atoms with Gasteiger partial charge in [-0.25, -0.2) is 0 Å². The first-order valence-electron chi connectivity index (χ1n) is 14.2. The molecule has 0 atom stereocenters. The fraction of sp³-hybridized carbons (Fsp3) is 0.0526. The topological polar surface area (TPSA) is 40.5 Å². The van der Waals surface area contributed by atoms with Crippen molar-refractivity contribution in [3.05, 3.63) is 170 Å². The van der Waals surface area contributed by atoms with Crippen LogP contribution in [0.1, 0.15) is 0 Å². The van der Waals surface area contributed by atoms with Crippen LogP contribution in [0.2, 0.25) is 0 Å². The van der Waals surface area contributed by atoms with Gasteiger partial charge in [0.05, 0.1) is 0 Å². The van der Waals surface area contributed by atoms with Gasteiger partial charge < -0.3 is 10.2 Å². The zero-order valence-electron chi connectivity index (χ0n) is 23.4. The quantitative estimate of drug-likeness (QED) is 0.194. The number of phenols is 2. The van der Waals surface area contributed by atoms with E-state index in [0.717, 1.165) is 12.3 Å². The number of aromatic hydroxyl groups is 2. The lowest BCUT2D eigenvalue weighted by Gasteiger charge is -2.32. The minimum absolute atomic E-state index is 0.275. The largest absolute Gasteiger partial charge is 0.508 e. The van der Waals surface area contributed by atoms with E-state index in [1.807, 2.05) is 24.3 Å². The summed E-state index contributed by atoms with van der Waals surface area (Å²) in [5.41, 5.74) is 0. The first-order chi connectivity index (χ1) is 20.6. The molecule has 0 aliphatic rings. The summed E-state index contributed by atoms with van der Waals surface area (Å²) in [5, 5.41) is 28.4. The van der Waals surface area contributed by atoms with Crippen molar-refractivity contribution in [2.24, 2.45) is 0 Å². The van der Waals surface area contributed by atoms with Gasteiger partial charge in [0.1, 0.15) is 70.2 Å². The number of rotatable bonds is 9. The number of phenolic OH excluding ortho intramolecular Hbond substituents is 2. The van der Waals surface area contributed by atoms with E-state index in [-0.39, 0.29) is 11.5 Å². The molecule has 2 N–H and O–H groups in total. The van der Waals surface area contributed by atoms with Gasteiger partial charge in [-0.15, -0.1) is 0 Å². The zero-order valence-corrected chi connectivity index (χ0v) is 25.2. The minimum atomic E-state index is -2.17. The second kappa shape index (κ2) is 12.3. The molecule has 6 aromatic carbocycles. The van der Waals surface area contributed by atoms with Crippen LogP contribution in [-0.4, -0.2) is 22.5 Å². The second-order valence-corrected chi connectivity index (χ2v) is 17.7. The molecule has 2 nitrogen and oxygen atoms in total. The van der Waals surface area contributed by atoms with Crippen LogP contribution in [-0.2, 0) is 0 Å². The zero-order chi connectivity index (χ0) is 28.8. The second-order valence-electron chi connectivity index (χ2n) is 10.4. The van der Waals surface area contributed by atoms with Crippen LogP contribution < -0.4 is 31.8 Å². The normalized spacial score (nSPS) is 11.7. The van der Waals surface area contributed by atoms with E-state index in [1.165, 1.54) is 31.8 Å². The molecular weight excluding hydrogens is 550 g/mol. The third kappa shape index (κ3) is 5.25. The Balaban J connectivity index is 1.63. The van der Waals surface area contributed by atoms with Crippen molar-refractivity contribution < 1.29 is 10.2 Å². The monoisotopic (exact) mass is 584 g/mol. The van der Waals surface area contributed by atoms with Crippen LogP contribution in [0.4, 0.5) is 0 Å². The van der Waals surface area contributed by atoms with Crippen molar-refractivity contribution in [2.45, 2.75) is 0 Å². The highest BCUT2D eigenvalue weighted by atomic mass is 31.2. The van der Waals surface area contributed by atoms with Crippen molar-refractivity contribution in [1.29, 1.82) is 0 Å². The molecule has 6 aromatic rings. The molecule has 6 rings (SSSR count). The van der Waals surface area contributed by atoms with E-state index in [9.17, 15) is 10.2 Å². The highest BCUT2D eigenvalue weighted by Crippen LogP contribution is 2.62. The Labute approximate surface area is 249 Å². The van der Waals surface area contributed by atoms with Crippen LogP contribution >= 0.6 is 14.5 Å². The maximum absolute atomic E-state index is 10.3. The fourth-order valence-corrected chi connectivity index (χ4v) is 15.9. The molecule has 0 aliphatic carbocycles. The molecule has 0 saturated carbocycles. The molecule has 206 valence electrons. The molecule has 0 bridgehead atoms. The molecular formula is C38H34O2P2+2. The standard InChI is InChI=1S/C38H32O2P2/c39-31-21-25-37(26-22-31)41(33-13-5-1-6-14-33,34-15-7-2-8-16-34)29-30-42(35-17-9-3-10-18-35,36-19-11-4-12-20-36)38-27-23-32(40)24-28-38/h1-28H,29-30H2/p+2. The lowest BCUT2D eigenvalue weighted by atomic mass is 10.3. The highest BCUT2D eigenvalue weighted by Gasteiger charge is 2.52. The third-order valence-electron chi connectivity index (χ3n) is 8.14. The molecule has 0 unspecified atom stereocenters. The molecule has 0 aromatic heterocycles. The average molecular weight is 585 g/mol. The summed E-state index contributed by atoms with van der Waals surface area (Å²) >= 11 is 0. The van der Waals surface area contributed by atoms with Crippen LogP contribution in [0.5, 0.6) is 11.5 Å². The first kappa shape index (κ1) is 27.9. The number of benzene rings is 6. The van der Waals surface area contributed by atoms with Crippen molar-refractivity contribution >= 4 is 46.4 Å². The lowest BCUT2D eigenvalue weighted by Crippen LogP contribution is -2.39. The molecule has 0 radical (unpaired) electrons. The average Bonchev–Trinajstić information content (AvgIpc) is 3.06. The Morgan fingerprint density at radius 2 is 0.500 bits per heavy atom. The van der Waals surface area contributed by atoms with Gasteiger partial charge >= 0.3 is 0 Å². The van der Waals surface area contributed by atoms with Crippen molar-refractivity contribution in [1.82, 2.24) is 0 Å². The summed E-state index contributed by atoms with van der Waals surface area (Å²) in [6.07, 6.45) is 1.87. The van der Waals surface area contributed by atoms with Gasteiger partial charge in [0.15, 0.2) is 0 Å². The molecule has 0 saturated heterocycles. The van der Waals surface area contributed by atoms with Gasteiger partial charge in [-0.3, -0.25) is 0 Å². The van der Waals surface area contributed by atoms with Gasteiger partial charge in [0.25, 0.3) is 0 Å². The molecule has 0 spiro atoms. The van der Waals surface area contributed by atoms with Gasteiger partial charge in [-0.05, 0) is 97.1 Å². The summed E-state index contributed by atoms with van der Waals surface area (Å²) in [5.74, 6) is 0.551. The lowest BCUT2D eigenvalue weighted by molar-refractivity contribution is 0.475. The van der Waals surface area contributed by atoms with E-state index in [2.05, 4.69) is 146 Å². The number of hydrogen-bond acceptors (Lipinski definition) is 2. The predicted molar refractivity (Wildman–Crippen MR) is 183 cm³/mol. The Hall–Kier alpha value is -4.22. The van der Waals surface area contributed by atoms with Gasteiger partial charge in [0, 0.05) is 0 Å². The van der Waals surface area contributed by atoms with Gasteiger partial charge in [0.2, 0.25) is 0 Å². The summed E-state index contributed by atoms with van der Waals surface area (Å²) in [7, 11) is -4.35. The summed E-state index contributed by atoms with van der Waals surface area (Å²) in [6.45, 7) is 0. The number of hydrogen-bond donors (Lipinski definition) is 2. The van der Waals surface area contributed by atoms with Crippen LogP contribution in [0.25, 0.3) is 0 Å². The van der Waals surface area contributed by atoms with Crippen molar-refractivity contribution in [3.63, 3.8) is 0 Å². The maximum Gasteiger partial charge on any atom is 0.115 e. The summed E-state index contributed by atoms with van der Waals surface area (Å²) < 4.78 is 0. The van der Waals surface area contributed by atoms with E-state index in [1.54, 1.807) is 0 Å². The fourth-order valence-electron chi connectivity index (χ4n) is 6.11. The summed E-state index contributed by atoms with van der Waals surface area (Å²) in [6, 6.07) is 59.5. The molecule has 4 heteroatoms. The Bertz CT molecular complexity index is 1490.